The lowest BCUT2D eigenvalue weighted by Gasteiger charge is -2.17. The maximum Gasteiger partial charge on any atom is 0.0379 e. The molecule has 0 saturated heterocycles. The number of likely N-dealkylation sites (N-methyl/N-ethyl adjacent to an activating group) is 1. The molecule has 0 amide bonds. The van der Waals surface area contributed by atoms with Gasteiger partial charge in [-0.25, -0.2) is 0 Å². The molecule has 16 heavy (non-hydrogen) atoms. The Morgan fingerprint density at radius 1 is 1.31 bits per heavy atom. The summed E-state index contributed by atoms with van der Waals surface area (Å²) in [7, 11) is 0. The van der Waals surface area contributed by atoms with Crippen LogP contribution in [-0.4, -0.2) is 18.0 Å². The van der Waals surface area contributed by atoms with E-state index in [1.165, 1.54) is 12.1 Å². The molecule has 0 atom stereocenters. The Labute approximate surface area is 97.3 Å². The second kappa shape index (κ2) is 5.40. The van der Waals surface area contributed by atoms with Crippen molar-refractivity contribution in [2.24, 2.45) is 0 Å². The van der Waals surface area contributed by atoms with Gasteiger partial charge in [0.15, 0.2) is 0 Å². The van der Waals surface area contributed by atoms with Gasteiger partial charge in [0.25, 0.3) is 0 Å². The van der Waals surface area contributed by atoms with Crippen molar-refractivity contribution in [1.29, 1.82) is 0 Å². The molecular formula is C14H18N2. The Bertz CT molecular complexity index is 379. The summed E-state index contributed by atoms with van der Waals surface area (Å²) in [5.41, 5.74) is 2.45. The largest absolute Gasteiger partial charge is 0.372 e. The van der Waals surface area contributed by atoms with E-state index in [9.17, 15) is 0 Å². The first-order valence-corrected chi connectivity index (χ1v) is 5.83. The third kappa shape index (κ3) is 2.66. The quantitative estimate of drug-likeness (QED) is 0.828. The molecule has 0 spiro atoms. The molecule has 0 aliphatic carbocycles. The van der Waals surface area contributed by atoms with E-state index in [1.807, 2.05) is 24.4 Å². The molecule has 1 aromatic rings. The summed E-state index contributed by atoms with van der Waals surface area (Å²) < 4.78 is 0. The van der Waals surface area contributed by atoms with Gasteiger partial charge in [0.2, 0.25) is 0 Å². The molecule has 1 aromatic carbocycles. The van der Waals surface area contributed by atoms with Gasteiger partial charge in [0, 0.05) is 30.7 Å². The lowest BCUT2D eigenvalue weighted by molar-refractivity contribution is 0.408. The minimum Gasteiger partial charge on any atom is -0.372 e. The minimum absolute atomic E-state index is 1.08. The zero-order chi connectivity index (χ0) is 11.2. The number of nitrogens with one attached hydrogen (secondary N) is 1. The van der Waals surface area contributed by atoms with Crippen molar-refractivity contribution in [2.45, 2.75) is 13.3 Å². The summed E-state index contributed by atoms with van der Waals surface area (Å²) in [6.07, 6.45) is 7.60. The lowest BCUT2D eigenvalue weighted by atomic mass is 10.3. The van der Waals surface area contributed by atoms with Gasteiger partial charge in [0.1, 0.15) is 0 Å². The highest BCUT2D eigenvalue weighted by Gasteiger charge is 2.09. The Morgan fingerprint density at radius 3 is 2.88 bits per heavy atom. The van der Waals surface area contributed by atoms with E-state index < -0.39 is 0 Å². The molecule has 2 heteroatoms. The molecule has 0 aromatic heterocycles. The van der Waals surface area contributed by atoms with E-state index >= 15 is 0 Å². The molecule has 2 nitrogen and oxygen atoms in total. The first-order chi connectivity index (χ1) is 7.90. The van der Waals surface area contributed by atoms with Crippen LogP contribution in [0, 0.1) is 0 Å². The number of nitrogens with zero attached hydrogens (tertiary/aromatic N) is 1. The maximum atomic E-state index is 3.27. The van der Waals surface area contributed by atoms with Crippen molar-refractivity contribution in [3.63, 3.8) is 0 Å². The normalized spacial score (nSPS) is 15.6. The van der Waals surface area contributed by atoms with Gasteiger partial charge in [0.05, 0.1) is 0 Å². The monoisotopic (exact) mass is 214 g/mol. The van der Waals surface area contributed by atoms with Gasteiger partial charge >= 0.3 is 0 Å². The van der Waals surface area contributed by atoms with Gasteiger partial charge in [-0.1, -0.05) is 24.3 Å². The average molecular weight is 214 g/mol. The SMILES string of the molecule is CCN1CCC=C1C=CNc1ccccc1. The van der Waals surface area contributed by atoms with Crippen LogP contribution in [0.4, 0.5) is 5.69 Å². The maximum absolute atomic E-state index is 3.27. The van der Waals surface area contributed by atoms with Crippen molar-refractivity contribution in [3.05, 3.63) is 54.4 Å². The number of anilines is 1. The van der Waals surface area contributed by atoms with Crippen molar-refractivity contribution < 1.29 is 0 Å². The first-order valence-electron chi connectivity index (χ1n) is 5.83. The minimum atomic E-state index is 1.08. The van der Waals surface area contributed by atoms with E-state index in [0.29, 0.717) is 0 Å². The van der Waals surface area contributed by atoms with Crippen LogP contribution in [0.3, 0.4) is 0 Å². The molecule has 0 radical (unpaired) electrons. The second-order valence-corrected chi connectivity index (χ2v) is 3.84. The van der Waals surface area contributed by atoms with Crippen LogP contribution in [-0.2, 0) is 0 Å². The molecule has 1 aliphatic heterocycles. The summed E-state index contributed by atoms with van der Waals surface area (Å²) >= 11 is 0. The van der Waals surface area contributed by atoms with E-state index in [0.717, 1.165) is 18.8 Å². The average Bonchev–Trinajstić information content (AvgIpc) is 2.78. The first kappa shape index (κ1) is 10.8. The fraction of sp³-hybridized carbons (Fsp3) is 0.286. The molecule has 0 fully saturated rings. The Hall–Kier alpha value is -1.70. The van der Waals surface area contributed by atoms with Gasteiger partial charge in [-0.05, 0) is 31.6 Å². The van der Waals surface area contributed by atoms with Gasteiger partial charge in [-0.3, -0.25) is 0 Å². The van der Waals surface area contributed by atoms with Crippen molar-refractivity contribution in [3.8, 4) is 0 Å². The third-order valence-corrected chi connectivity index (χ3v) is 2.78. The Morgan fingerprint density at radius 2 is 2.12 bits per heavy atom. The number of allylic oxidation sites excluding steroid dienone is 1. The fourth-order valence-electron chi connectivity index (χ4n) is 1.90. The zero-order valence-electron chi connectivity index (χ0n) is 9.69. The Kier molecular flexibility index (Phi) is 3.65. The van der Waals surface area contributed by atoms with E-state index in [-0.39, 0.29) is 0 Å². The molecule has 2 rings (SSSR count). The van der Waals surface area contributed by atoms with Gasteiger partial charge in [-0.15, -0.1) is 0 Å². The standard InChI is InChI=1S/C14H18N2/c1-2-16-12-6-9-14(16)10-11-15-13-7-4-3-5-8-13/h3-5,7-11,15H,2,6,12H2,1H3. The number of hydrogen-bond donors (Lipinski definition) is 1. The van der Waals surface area contributed by atoms with E-state index in [4.69, 9.17) is 0 Å². The highest BCUT2D eigenvalue weighted by molar-refractivity contribution is 5.45. The third-order valence-electron chi connectivity index (χ3n) is 2.78. The highest BCUT2D eigenvalue weighted by atomic mass is 15.1. The molecule has 0 unspecified atom stereocenters. The van der Waals surface area contributed by atoms with Crippen LogP contribution in [0.2, 0.25) is 0 Å². The predicted molar refractivity (Wildman–Crippen MR) is 69.2 cm³/mol. The predicted octanol–water partition coefficient (Wildman–Crippen LogP) is 3.22. The molecule has 0 bridgehead atoms. The number of hydrogen-bond acceptors (Lipinski definition) is 2. The van der Waals surface area contributed by atoms with Crippen LogP contribution >= 0.6 is 0 Å². The van der Waals surface area contributed by atoms with Crippen LogP contribution in [0.25, 0.3) is 0 Å². The van der Waals surface area contributed by atoms with Crippen molar-refractivity contribution >= 4 is 5.69 Å². The molecule has 1 N–H and O–H groups in total. The fourth-order valence-corrected chi connectivity index (χ4v) is 1.90. The number of para-hydroxylation sites is 1. The zero-order valence-corrected chi connectivity index (χ0v) is 9.69. The molecule has 1 heterocycles. The lowest BCUT2D eigenvalue weighted by Crippen LogP contribution is -2.17. The van der Waals surface area contributed by atoms with Crippen molar-refractivity contribution in [1.82, 2.24) is 4.90 Å². The molecule has 1 aliphatic rings. The molecular weight excluding hydrogens is 196 g/mol. The van der Waals surface area contributed by atoms with Crippen LogP contribution < -0.4 is 5.32 Å². The van der Waals surface area contributed by atoms with Crippen LogP contribution in [0.5, 0.6) is 0 Å². The number of benzene rings is 1. The summed E-state index contributed by atoms with van der Waals surface area (Å²) in [6.45, 7) is 4.43. The summed E-state index contributed by atoms with van der Waals surface area (Å²) in [6, 6.07) is 10.2. The topological polar surface area (TPSA) is 15.3 Å². The number of rotatable bonds is 4. The van der Waals surface area contributed by atoms with Crippen LogP contribution in [0.1, 0.15) is 13.3 Å². The second-order valence-electron chi connectivity index (χ2n) is 3.84. The molecule has 84 valence electrons. The van der Waals surface area contributed by atoms with Crippen LogP contribution in [0.15, 0.2) is 54.4 Å². The van der Waals surface area contributed by atoms with E-state index in [2.05, 4.69) is 41.4 Å². The smallest absolute Gasteiger partial charge is 0.0379 e. The highest BCUT2D eigenvalue weighted by Crippen LogP contribution is 2.15. The summed E-state index contributed by atoms with van der Waals surface area (Å²) in [5, 5.41) is 3.27. The van der Waals surface area contributed by atoms with E-state index in [1.54, 1.807) is 0 Å². The van der Waals surface area contributed by atoms with Crippen molar-refractivity contribution in [2.75, 3.05) is 18.4 Å². The molecule has 0 saturated carbocycles. The summed E-state index contributed by atoms with van der Waals surface area (Å²) in [5.74, 6) is 0. The van der Waals surface area contributed by atoms with Gasteiger partial charge < -0.3 is 10.2 Å². The Balaban J connectivity index is 1.90. The summed E-state index contributed by atoms with van der Waals surface area (Å²) in [4.78, 5) is 2.38. The van der Waals surface area contributed by atoms with Gasteiger partial charge in [-0.2, -0.15) is 0 Å².